The number of fused-ring (bicyclic) bond motifs is 1. The molecule has 7 nitrogen and oxygen atoms in total. The van der Waals surface area contributed by atoms with Crippen LogP contribution in [0.15, 0.2) is 9.59 Å². The van der Waals surface area contributed by atoms with E-state index in [4.69, 9.17) is 0 Å². The van der Waals surface area contributed by atoms with E-state index >= 15 is 0 Å². The molecule has 2 aromatic heterocycles. The van der Waals surface area contributed by atoms with Gasteiger partial charge in [-0.1, -0.05) is 6.92 Å². The van der Waals surface area contributed by atoms with Crippen LogP contribution >= 0.6 is 0 Å². The predicted molar refractivity (Wildman–Crippen MR) is 57.6 cm³/mol. The lowest BCUT2D eigenvalue weighted by Gasteiger charge is -2.05. The summed E-state index contributed by atoms with van der Waals surface area (Å²) in [5, 5.41) is 9.19. The Morgan fingerprint density at radius 3 is 2.75 bits per heavy atom. The van der Waals surface area contributed by atoms with Crippen LogP contribution < -0.4 is 11.2 Å². The van der Waals surface area contributed by atoms with Crippen molar-refractivity contribution in [1.29, 1.82) is 0 Å². The third-order valence-electron chi connectivity index (χ3n) is 2.41. The molecule has 2 aromatic rings. The molecule has 0 saturated carbocycles. The van der Waals surface area contributed by atoms with Crippen LogP contribution in [0.1, 0.15) is 13.3 Å². The Labute approximate surface area is 90.0 Å². The number of hydrogen-bond acceptors (Lipinski definition) is 4. The van der Waals surface area contributed by atoms with E-state index in [1.54, 1.807) is 0 Å². The summed E-state index contributed by atoms with van der Waals surface area (Å²) in [7, 11) is 1.51. The number of nitrogens with zero attached hydrogens (tertiary/aromatic N) is 3. The SMILES string of the molecule is CCCn1c(=O)c2[nH]c(O)nc2n(C)c1=O. The van der Waals surface area contributed by atoms with Gasteiger partial charge < -0.3 is 10.1 Å². The summed E-state index contributed by atoms with van der Waals surface area (Å²) in [4.78, 5) is 29.8. The van der Waals surface area contributed by atoms with E-state index in [1.165, 1.54) is 11.6 Å². The third kappa shape index (κ3) is 1.32. The molecule has 0 saturated heterocycles. The molecule has 2 heterocycles. The minimum absolute atomic E-state index is 0.146. The number of aromatic hydroxyl groups is 1. The number of aryl methyl sites for hydroxylation is 1. The molecule has 0 amide bonds. The maximum Gasteiger partial charge on any atom is 0.332 e. The highest BCUT2D eigenvalue weighted by atomic mass is 16.3. The Balaban J connectivity index is 2.94. The highest BCUT2D eigenvalue weighted by Crippen LogP contribution is 2.07. The topological polar surface area (TPSA) is 92.9 Å². The molecule has 7 heteroatoms. The van der Waals surface area contributed by atoms with Crippen molar-refractivity contribution in [3.63, 3.8) is 0 Å². The predicted octanol–water partition coefficient (Wildman–Crippen LogP) is -0.461. The quantitative estimate of drug-likeness (QED) is 0.721. The second-order valence-electron chi connectivity index (χ2n) is 3.56. The molecule has 16 heavy (non-hydrogen) atoms. The van der Waals surface area contributed by atoms with Gasteiger partial charge in [0, 0.05) is 13.6 Å². The Morgan fingerprint density at radius 2 is 2.12 bits per heavy atom. The van der Waals surface area contributed by atoms with Crippen molar-refractivity contribution in [3.05, 3.63) is 20.8 Å². The van der Waals surface area contributed by atoms with Crippen LogP contribution in [0.4, 0.5) is 0 Å². The summed E-state index contributed by atoms with van der Waals surface area (Å²) >= 11 is 0. The van der Waals surface area contributed by atoms with Crippen LogP contribution in [0.25, 0.3) is 11.2 Å². The largest absolute Gasteiger partial charge is 0.480 e. The van der Waals surface area contributed by atoms with Crippen molar-refractivity contribution in [3.8, 4) is 6.01 Å². The van der Waals surface area contributed by atoms with E-state index in [9.17, 15) is 14.7 Å². The fourth-order valence-electron chi connectivity index (χ4n) is 1.66. The monoisotopic (exact) mass is 224 g/mol. The molecule has 2 N–H and O–H groups in total. The lowest BCUT2D eigenvalue weighted by molar-refractivity contribution is 0.438. The molecular weight excluding hydrogens is 212 g/mol. The molecule has 0 bridgehead atoms. The Hall–Kier alpha value is -2.05. The van der Waals surface area contributed by atoms with Crippen molar-refractivity contribution in [1.82, 2.24) is 19.1 Å². The Morgan fingerprint density at radius 1 is 1.44 bits per heavy atom. The molecule has 0 unspecified atom stereocenters. The van der Waals surface area contributed by atoms with Crippen LogP contribution in [-0.2, 0) is 13.6 Å². The molecule has 0 aliphatic rings. The van der Waals surface area contributed by atoms with Crippen molar-refractivity contribution in [2.75, 3.05) is 0 Å². The van der Waals surface area contributed by atoms with Crippen molar-refractivity contribution in [2.45, 2.75) is 19.9 Å². The fourth-order valence-corrected chi connectivity index (χ4v) is 1.66. The van der Waals surface area contributed by atoms with Gasteiger partial charge in [0.05, 0.1) is 0 Å². The van der Waals surface area contributed by atoms with E-state index in [-0.39, 0.29) is 17.2 Å². The van der Waals surface area contributed by atoms with Gasteiger partial charge in [-0.15, -0.1) is 0 Å². The zero-order valence-corrected chi connectivity index (χ0v) is 9.02. The van der Waals surface area contributed by atoms with Crippen molar-refractivity contribution >= 4 is 11.2 Å². The number of H-pyrrole nitrogens is 1. The Bertz CT molecular complexity index is 649. The first-order valence-electron chi connectivity index (χ1n) is 4.94. The minimum atomic E-state index is -0.451. The highest BCUT2D eigenvalue weighted by Gasteiger charge is 2.14. The number of imidazole rings is 1. The van der Waals surface area contributed by atoms with Crippen LogP contribution in [0, 0.1) is 0 Å². The molecule has 0 fully saturated rings. The van der Waals surface area contributed by atoms with E-state index in [0.29, 0.717) is 13.0 Å². The number of hydrogen-bond donors (Lipinski definition) is 2. The zero-order chi connectivity index (χ0) is 11.9. The Kier molecular flexibility index (Phi) is 2.30. The second-order valence-corrected chi connectivity index (χ2v) is 3.56. The van der Waals surface area contributed by atoms with E-state index in [2.05, 4.69) is 9.97 Å². The standard InChI is InChI=1S/C9H12N4O3/c1-3-4-13-7(14)5-6(11-8(15)10-5)12(2)9(13)16/h3-4H2,1-2H3,(H2,10,11,15). The van der Waals surface area contributed by atoms with Crippen molar-refractivity contribution < 1.29 is 5.11 Å². The normalized spacial score (nSPS) is 11.1. The van der Waals surface area contributed by atoms with Gasteiger partial charge in [0.15, 0.2) is 11.2 Å². The average Bonchev–Trinajstić information content (AvgIpc) is 2.64. The van der Waals surface area contributed by atoms with Crippen molar-refractivity contribution in [2.24, 2.45) is 7.05 Å². The number of aromatic nitrogens is 4. The lowest BCUT2D eigenvalue weighted by atomic mass is 10.4. The van der Waals surface area contributed by atoms with Gasteiger partial charge in [0.1, 0.15) is 0 Å². The molecule has 0 spiro atoms. The van der Waals surface area contributed by atoms with Gasteiger partial charge in [-0.25, -0.2) is 4.79 Å². The average molecular weight is 224 g/mol. The summed E-state index contributed by atoms with van der Waals surface area (Å²) in [5.41, 5.74) is -0.563. The van der Waals surface area contributed by atoms with E-state index in [1.807, 2.05) is 6.92 Å². The number of aromatic amines is 1. The summed E-state index contributed by atoms with van der Waals surface area (Å²) in [6, 6.07) is -0.364. The van der Waals surface area contributed by atoms with Crippen LogP contribution in [0.2, 0.25) is 0 Å². The molecule has 0 atom stereocenters. The molecule has 86 valence electrons. The van der Waals surface area contributed by atoms with E-state index in [0.717, 1.165) is 4.57 Å². The van der Waals surface area contributed by atoms with Gasteiger partial charge in [-0.2, -0.15) is 4.98 Å². The van der Waals surface area contributed by atoms with E-state index < -0.39 is 11.2 Å². The summed E-state index contributed by atoms with van der Waals surface area (Å²) in [6.07, 6.45) is 0.681. The molecule has 0 aliphatic carbocycles. The summed E-state index contributed by atoms with van der Waals surface area (Å²) in [6.45, 7) is 2.22. The number of nitrogens with one attached hydrogen (secondary N) is 1. The van der Waals surface area contributed by atoms with Gasteiger partial charge in [0.2, 0.25) is 0 Å². The van der Waals surface area contributed by atoms with Gasteiger partial charge in [0.25, 0.3) is 11.6 Å². The van der Waals surface area contributed by atoms with Gasteiger partial charge in [-0.05, 0) is 6.42 Å². The molecule has 0 aliphatic heterocycles. The third-order valence-corrected chi connectivity index (χ3v) is 2.41. The molecule has 2 rings (SSSR count). The summed E-state index contributed by atoms with van der Waals surface area (Å²) in [5.74, 6) is 0. The van der Waals surface area contributed by atoms with Gasteiger partial charge >= 0.3 is 5.69 Å². The first-order valence-corrected chi connectivity index (χ1v) is 4.94. The zero-order valence-electron chi connectivity index (χ0n) is 9.02. The lowest BCUT2D eigenvalue weighted by Crippen LogP contribution is -2.39. The van der Waals surface area contributed by atoms with Crippen LogP contribution in [0.3, 0.4) is 0 Å². The smallest absolute Gasteiger partial charge is 0.332 e. The molecule has 0 radical (unpaired) electrons. The fraction of sp³-hybridized carbons (Fsp3) is 0.444. The maximum absolute atomic E-state index is 11.9. The first-order chi connectivity index (χ1) is 7.56. The maximum atomic E-state index is 11.9. The number of rotatable bonds is 2. The summed E-state index contributed by atoms with van der Waals surface area (Å²) < 4.78 is 2.36. The van der Waals surface area contributed by atoms with Crippen LogP contribution in [-0.4, -0.2) is 24.2 Å². The molecular formula is C9H12N4O3. The minimum Gasteiger partial charge on any atom is -0.480 e. The first kappa shape index (κ1) is 10.5. The second kappa shape index (κ2) is 3.51. The van der Waals surface area contributed by atoms with Crippen LogP contribution in [0.5, 0.6) is 6.01 Å². The van der Waals surface area contributed by atoms with Gasteiger partial charge in [-0.3, -0.25) is 13.9 Å². The molecule has 0 aromatic carbocycles. The highest BCUT2D eigenvalue weighted by molar-refractivity contribution is 5.70.